The Morgan fingerprint density at radius 1 is 1.09 bits per heavy atom. The topological polar surface area (TPSA) is 86.5 Å². The number of hydrogen-bond donors (Lipinski definition) is 2. The first kappa shape index (κ1) is 23.3. The van der Waals surface area contributed by atoms with Crippen LogP contribution in [0.4, 0.5) is 11.5 Å². The van der Waals surface area contributed by atoms with E-state index >= 15 is 0 Å². The first-order chi connectivity index (χ1) is 15.5. The molecule has 0 aliphatic carbocycles. The summed E-state index contributed by atoms with van der Waals surface area (Å²) in [6, 6.07) is 17.1. The Kier molecular flexibility index (Phi) is 8.22. The number of amides is 1. The number of anilines is 2. The van der Waals surface area contributed by atoms with E-state index in [0.717, 1.165) is 29.8 Å². The molecule has 6 heteroatoms. The van der Waals surface area contributed by atoms with Crippen molar-refractivity contribution in [2.75, 3.05) is 18.2 Å². The molecule has 0 atom stereocenters. The molecule has 6 nitrogen and oxygen atoms in total. The van der Waals surface area contributed by atoms with Crippen LogP contribution in [0.5, 0.6) is 11.5 Å². The number of nitrogens with one attached hydrogen (secondary N) is 1. The molecule has 0 unspecified atom stereocenters. The van der Waals surface area contributed by atoms with E-state index < -0.39 is 0 Å². The van der Waals surface area contributed by atoms with Gasteiger partial charge in [0.05, 0.1) is 17.9 Å². The zero-order valence-corrected chi connectivity index (χ0v) is 19.0. The molecule has 168 valence electrons. The molecule has 1 amide bonds. The van der Waals surface area contributed by atoms with Gasteiger partial charge in [0.2, 0.25) is 0 Å². The van der Waals surface area contributed by atoms with E-state index in [1.807, 2.05) is 49.4 Å². The summed E-state index contributed by atoms with van der Waals surface area (Å²) in [6.07, 6.45) is 4.54. The summed E-state index contributed by atoms with van der Waals surface area (Å²) in [4.78, 5) is 17.0. The number of carbonyl (C=O) groups is 1. The van der Waals surface area contributed by atoms with Gasteiger partial charge in [-0.2, -0.15) is 0 Å². The third-order valence-corrected chi connectivity index (χ3v) is 5.24. The molecule has 0 aliphatic rings. The van der Waals surface area contributed by atoms with Gasteiger partial charge in [-0.3, -0.25) is 4.79 Å². The molecular formula is C26H31N3O3. The van der Waals surface area contributed by atoms with Crippen LogP contribution in [0.3, 0.4) is 0 Å². The van der Waals surface area contributed by atoms with Gasteiger partial charge in [-0.05, 0) is 67.3 Å². The Morgan fingerprint density at radius 2 is 1.84 bits per heavy atom. The van der Waals surface area contributed by atoms with Crippen molar-refractivity contribution >= 4 is 17.4 Å². The molecule has 0 aliphatic heterocycles. The zero-order valence-electron chi connectivity index (χ0n) is 19.0. The number of benzene rings is 2. The molecule has 2 aromatic carbocycles. The lowest BCUT2D eigenvalue weighted by Gasteiger charge is -2.13. The van der Waals surface area contributed by atoms with E-state index in [0.29, 0.717) is 23.6 Å². The average Bonchev–Trinajstić information content (AvgIpc) is 2.79. The largest absolute Gasteiger partial charge is 0.457 e. The van der Waals surface area contributed by atoms with Crippen molar-refractivity contribution in [2.24, 2.45) is 0 Å². The van der Waals surface area contributed by atoms with Gasteiger partial charge in [-0.25, -0.2) is 4.98 Å². The van der Waals surface area contributed by atoms with Crippen LogP contribution in [-0.4, -0.2) is 18.0 Å². The number of aryl methyl sites for hydroxylation is 2. The van der Waals surface area contributed by atoms with E-state index in [2.05, 4.69) is 23.3 Å². The Bertz CT molecular complexity index is 1050. The van der Waals surface area contributed by atoms with Crippen LogP contribution in [-0.2, 0) is 17.8 Å². The summed E-state index contributed by atoms with van der Waals surface area (Å²) in [5, 5.41) is 2.87. The Labute approximate surface area is 189 Å². The number of methoxy groups -OCH3 is 1. The molecule has 32 heavy (non-hydrogen) atoms. The van der Waals surface area contributed by atoms with Gasteiger partial charge in [0.15, 0.2) is 0 Å². The third-order valence-electron chi connectivity index (χ3n) is 5.24. The van der Waals surface area contributed by atoms with E-state index in [4.69, 9.17) is 15.2 Å². The molecule has 3 N–H and O–H groups in total. The van der Waals surface area contributed by atoms with Crippen molar-refractivity contribution < 1.29 is 14.3 Å². The number of pyridine rings is 1. The van der Waals surface area contributed by atoms with Crippen molar-refractivity contribution in [1.29, 1.82) is 0 Å². The van der Waals surface area contributed by atoms with Crippen LogP contribution >= 0.6 is 0 Å². The number of nitrogens with two attached hydrogens (primary N) is 1. The van der Waals surface area contributed by atoms with Crippen molar-refractivity contribution in [3.8, 4) is 11.5 Å². The molecule has 3 aromatic rings. The SMILES string of the molecule is CCCCCc1ccccc1Oc1ccc(NC(=O)c2cc(C)c(COC)nc2N)cc1. The molecule has 0 saturated heterocycles. The normalized spacial score (nSPS) is 10.7. The first-order valence-electron chi connectivity index (χ1n) is 10.9. The molecule has 0 fully saturated rings. The third kappa shape index (κ3) is 6.08. The predicted octanol–water partition coefficient (Wildman–Crippen LogP) is 5.90. The highest BCUT2D eigenvalue weighted by molar-refractivity contribution is 6.07. The highest BCUT2D eigenvalue weighted by atomic mass is 16.5. The van der Waals surface area contributed by atoms with Crippen LogP contribution in [0.25, 0.3) is 0 Å². The lowest BCUT2D eigenvalue weighted by molar-refractivity contribution is 0.102. The standard InChI is InChI=1S/C26H31N3O3/c1-4-5-6-9-19-10-7-8-11-24(19)32-21-14-12-20(13-15-21)28-26(30)22-16-18(2)23(17-31-3)29-25(22)27/h7-8,10-16H,4-6,9,17H2,1-3H3,(H2,27,29)(H,28,30). The predicted molar refractivity (Wildman–Crippen MR) is 128 cm³/mol. The average molecular weight is 434 g/mol. The van der Waals surface area contributed by atoms with Crippen molar-refractivity contribution in [3.05, 3.63) is 77.0 Å². The second kappa shape index (κ2) is 11.3. The van der Waals surface area contributed by atoms with E-state index in [1.165, 1.54) is 18.4 Å². The van der Waals surface area contributed by atoms with Gasteiger partial charge in [-0.1, -0.05) is 38.0 Å². The van der Waals surface area contributed by atoms with Crippen LogP contribution in [0.15, 0.2) is 54.6 Å². The molecule has 1 heterocycles. The molecule has 3 rings (SSSR count). The summed E-state index contributed by atoms with van der Waals surface area (Å²) in [5.41, 5.74) is 9.76. The van der Waals surface area contributed by atoms with Gasteiger partial charge in [-0.15, -0.1) is 0 Å². The number of unbranched alkanes of at least 4 members (excludes halogenated alkanes) is 2. The monoisotopic (exact) mass is 433 g/mol. The molecule has 1 aromatic heterocycles. The summed E-state index contributed by atoms with van der Waals surface area (Å²) >= 11 is 0. The summed E-state index contributed by atoms with van der Waals surface area (Å²) in [5.74, 6) is 1.45. The summed E-state index contributed by atoms with van der Waals surface area (Å²) < 4.78 is 11.2. The highest BCUT2D eigenvalue weighted by Gasteiger charge is 2.14. The van der Waals surface area contributed by atoms with Crippen LogP contribution in [0, 0.1) is 6.92 Å². The Morgan fingerprint density at radius 3 is 2.56 bits per heavy atom. The van der Waals surface area contributed by atoms with Crippen LogP contribution in [0.1, 0.15) is 53.4 Å². The van der Waals surface area contributed by atoms with Gasteiger partial charge in [0, 0.05) is 12.8 Å². The maximum atomic E-state index is 12.7. The number of carbonyl (C=O) groups excluding carboxylic acids is 1. The Balaban J connectivity index is 1.67. The molecular weight excluding hydrogens is 402 g/mol. The number of aromatic nitrogens is 1. The molecule has 0 spiro atoms. The van der Waals surface area contributed by atoms with Crippen molar-refractivity contribution in [1.82, 2.24) is 4.98 Å². The smallest absolute Gasteiger partial charge is 0.259 e. The summed E-state index contributed by atoms with van der Waals surface area (Å²) in [6.45, 7) is 4.43. The minimum atomic E-state index is -0.308. The molecule has 0 bridgehead atoms. The minimum absolute atomic E-state index is 0.180. The Hall–Kier alpha value is -3.38. The van der Waals surface area contributed by atoms with Crippen LogP contribution < -0.4 is 15.8 Å². The van der Waals surface area contributed by atoms with Gasteiger partial charge < -0.3 is 20.5 Å². The number of nitrogen functional groups attached to an aromatic ring is 1. The van der Waals surface area contributed by atoms with Crippen molar-refractivity contribution in [2.45, 2.75) is 46.1 Å². The molecule has 0 radical (unpaired) electrons. The second-order valence-electron chi connectivity index (χ2n) is 7.76. The number of hydrogen-bond acceptors (Lipinski definition) is 5. The first-order valence-corrected chi connectivity index (χ1v) is 10.9. The fourth-order valence-corrected chi connectivity index (χ4v) is 3.44. The lowest BCUT2D eigenvalue weighted by Crippen LogP contribution is -2.16. The molecule has 0 saturated carbocycles. The lowest BCUT2D eigenvalue weighted by atomic mass is 10.1. The fraction of sp³-hybridized carbons (Fsp3) is 0.308. The maximum Gasteiger partial charge on any atom is 0.259 e. The van der Waals surface area contributed by atoms with Gasteiger partial charge >= 0.3 is 0 Å². The quantitative estimate of drug-likeness (QED) is 0.389. The fourth-order valence-electron chi connectivity index (χ4n) is 3.44. The zero-order chi connectivity index (χ0) is 22.9. The van der Waals surface area contributed by atoms with E-state index in [9.17, 15) is 4.79 Å². The van der Waals surface area contributed by atoms with E-state index in [1.54, 1.807) is 13.2 Å². The maximum absolute atomic E-state index is 12.7. The number of ether oxygens (including phenoxy) is 2. The minimum Gasteiger partial charge on any atom is -0.457 e. The van der Waals surface area contributed by atoms with Gasteiger partial charge in [0.25, 0.3) is 5.91 Å². The van der Waals surface area contributed by atoms with Crippen LogP contribution in [0.2, 0.25) is 0 Å². The van der Waals surface area contributed by atoms with Gasteiger partial charge in [0.1, 0.15) is 17.3 Å². The highest BCUT2D eigenvalue weighted by Crippen LogP contribution is 2.28. The number of para-hydroxylation sites is 1. The number of rotatable bonds is 10. The van der Waals surface area contributed by atoms with Crippen molar-refractivity contribution in [3.63, 3.8) is 0 Å². The van der Waals surface area contributed by atoms with E-state index in [-0.39, 0.29) is 11.7 Å². The number of nitrogens with zero attached hydrogens (tertiary/aromatic N) is 1. The second-order valence-corrected chi connectivity index (χ2v) is 7.76. The summed E-state index contributed by atoms with van der Waals surface area (Å²) in [7, 11) is 1.59.